The first-order valence-electron chi connectivity index (χ1n) is 7.66. The Morgan fingerprint density at radius 2 is 1.92 bits per heavy atom. The van der Waals surface area contributed by atoms with Gasteiger partial charge < -0.3 is 10.1 Å². The Morgan fingerprint density at radius 1 is 1.12 bits per heavy atom. The van der Waals surface area contributed by atoms with Crippen molar-refractivity contribution in [1.82, 2.24) is 0 Å². The lowest BCUT2D eigenvalue weighted by Crippen LogP contribution is -2.15. The number of anilines is 1. The molecule has 0 fully saturated rings. The van der Waals surface area contributed by atoms with Crippen LogP contribution >= 0.6 is 11.3 Å². The molecule has 1 amide bonds. The molecule has 0 unspecified atom stereocenters. The highest BCUT2D eigenvalue weighted by atomic mass is 32.1. The molecule has 3 rings (SSSR count). The number of thiophene rings is 1. The van der Waals surface area contributed by atoms with E-state index in [1.165, 1.54) is 11.3 Å². The van der Waals surface area contributed by atoms with E-state index in [9.17, 15) is 9.59 Å². The van der Waals surface area contributed by atoms with Crippen molar-refractivity contribution in [3.63, 3.8) is 0 Å². The molecule has 0 spiro atoms. The Balaban J connectivity index is 1.89. The van der Waals surface area contributed by atoms with E-state index in [4.69, 9.17) is 4.74 Å². The molecule has 122 valence electrons. The highest BCUT2D eigenvalue weighted by molar-refractivity contribution is 7.20. The van der Waals surface area contributed by atoms with Gasteiger partial charge in [0.25, 0.3) is 5.91 Å². The minimum Gasteiger partial charge on any atom is -0.462 e. The Kier molecular flexibility index (Phi) is 4.62. The van der Waals surface area contributed by atoms with Crippen LogP contribution in [0.1, 0.15) is 32.5 Å². The van der Waals surface area contributed by atoms with Crippen LogP contribution < -0.4 is 5.32 Å². The lowest BCUT2D eigenvalue weighted by atomic mass is 10.1. The molecule has 5 heteroatoms. The molecule has 0 atom stereocenters. The Morgan fingerprint density at radius 3 is 2.67 bits per heavy atom. The number of amides is 1. The van der Waals surface area contributed by atoms with Gasteiger partial charge in [-0.1, -0.05) is 29.8 Å². The van der Waals surface area contributed by atoms with Gasteiger partial charge in [0.2, 0.25) is 0 Å². The van der Waals surface area contributed by atoms with Gasteiger partial charge in [-0.05, 0) is 43.5 Å². The van der Waals surface area contributed by atoms with E-state index in [2.05, 4.69) is 5.32 Å². The van der Waals surface area contributed by atoms with E-state index in [0.717, 1.165) is 15.6 Å². The van der Waals surface area contributed by atoms with Gasteiger partial charge in [0.05, 0.1) is 22.7 Å². The summed E-state index contributed by atoms with van der Waals surface area (Å²) in [5.74, 6) is -0.668. The fraction of sp³-hybridized carbons (Fsp3) is 0.158. The normalized spacial score (nSPS) is 10.6. The first-order valence-corrected chi connectivity index (χ1v) is 8.48. The second kappa shape index (κ2) is 6.84. The van der Waals surface area contributed by atoms with Gasteiger partial charge in [-0.15, -0.1) is 11.3 Å². The Bertz CT molecular complexity index is 881. The summed E-state index contributed by atoms with van der Waals surface area (Å²) in [5, 5.41) is 3.85. The summed E-state index contributed by atoms with van der Waals surface area (Å²) in [6.45, 7) is 3.93. The number of carbonyl (C=O) groups excluding carboxylic acids is 2. The number of hydrogen-bond donors (Lipinski definition) is 1. The van der Waals surface area contributed by atoms with Crippen molar-refractivity contribution in [3.8, 4) is 0 Å². The average Bonchev–Trinajstić information content (AvgIpc) is 3.01. The molecule has 0 saturated carbocycles. The number of hydrogen-bond acceptors (Lipinski definition) is 4. The van der Waals surface area contributed by atoms with E-state index < -0.39 is 5.97 Å². The summed E-state index contributed by atoms with van der Waals surface area (Å²) in [7, 11) is 0. The third-order valence-corrected chi connectivity index (χ3v) is 4.68. The number of aryl methyl sites for hydroxylation is 1. The molecule has 1 N–H and O–H groups in total. The number of carbonyl (C=O) groups is 2. The zero-order chi connectivity index (χ0) is 17.1. The minimum absolute atomic E-state index is 0.231. The molecular formula is C19H17NO3S. The van der Waals surface area contributed by atoms with E-state index in [-0.39, 0.29) is 12.5 Å². The number of esters is 1. The van der Waals surface area contributed by atoms with E-state index in [1.807, 2.05) is 43.3 Å². The van der Waals surface area contributed by atoms with E-state index >= 15 is 0 Å². The maximum atomic E-state index is 12.5. The summed E-state index contributed by atoms with van der Waals surface area (Å²) in [6, 6.07) is 15.0. The molecule has 1 heterocycles. The van der Waals surface area contributed by atoms with Gasteiger partial charge in [-0.2, -0.15) is 0 Å². The monoisotopic (exact) mass is 339 g/mol. The molecule has 2 aromatic carbocycles. The predicted octanol–water partition coefficient (Wildman–Crippen LogP) is 4.64. The molecule has 0 aliphatic carbocycles. The summed E-state index contributed by atoms with van der Waals surface area (Å²) in [5.41, 5.74) is 1.76. The van der Waals surface area contributed by atoms with Gasteiger partial charge >= 0.3 is 5.97 Å². The Labute approximate surface area is 144 Å². The van der Waals surface area contributed by atoms with Crippen LogP contribution in [0, 0.1) is 6.92 Å². The van der Waals surface area contributed by atoms with Gasteiger partial charge in [0, 0.05) is 4.70 Å². The van der Waals surface area contributed by atoms with Crippen LogP contribution in [0.5, 0.6) is 0 Å². The topological polar surface area (TPSA) is 55.4 Å². The first kappa shape index (κ1) is 16.2. The highest BCUT2D eigenvalue weighted by Gasteiger charge is 2.17. The van der Waals surface area contributed by atoms with Crippen molar-refractivity contribution in [2.75, 3.05) is 11.9 Å². The third kappa shape index (κ3) is 3.31. The third-order valence-electron chi connectivity index (χ3n) is 3.57. The van der Waals surface area contributed by atoms with Crippen molar-refractivity contribution in [1.29, 1.82) is 0 Å². The van der Waals surface area contributed by atoms with Crippen LogP contribution in [0.4, 0.5) is 5.69 Å². The molecular weight excluding hydrogens is 322 g/mol. The number of ether oxygens (including phenoxy) is 1. The molecule has 0 bridgehead atoms. The fourth-order valence-electron chi connectivity index (χ4n) is 2.42. The van der Waals surface area contributed by atoms with Crippen LogP contribution in [0.2, 0.25) is 0 Å². The molecule has 4 nitrogen and oxygen atoms in total. The summed E-state index contributed by atoms with van der Waals surface area (Å²) in [4.78, 5) is 25.3. The average molecular weight is 339 g/mol. The van der Waals surface area contributed by atoms with Gasteiger partial charge in [-0.3, -0.25) is 4.79 Å². The van der Waals surface area contributed by atoms with Crippen molar-refractivity contribution in [2.45, 2.75) is 13.8 Å². The van der Waals surface area contributed by atoms with Gasteiger partial charge in [0.15, 0.2) is 0 Å². The summed E-state index contributed by atoms with van der Waals surface area (Å²) >= 11 is 1.42. The van der Waals surface area contributed by atoms with E-state index in [0.29, 0.717) is 16.1 Å². The standard InChI is InChI=1S/C19H17NO3S/c1-3-23-19(22)14-10-12(2)8-9-15(14)20-18(21)17-11-13-6-4-5-7-16(13)24-17/h4-11H,3H2,1-2H3,(H,20,21). The van der Waals surface area contributed by atoms with Crippen molar-refractivity contribution in [3.05, 3.63) is 64.5 Å². The van der Waals surface area contributed by atoms with Crippen LogP contribution in [-0.4, -0.2) is 18.5 Å². The zero-order valence-electron chi connectivity index (χ0n) is 13.5. The second-order valence-electron chi connectivity index (χ2n) is 5.37. The molecule has 3 aromatic rings. The first-order chi connectivity index (χ1) is 11.6. The van der Waals surface area contributed by atoms with Crippen molar-refractivity contribution < 1.29 is 14.3 Å². The van der Waals surface area contributed by atoms with Gasteiger partial charge in [-0.25, -0.2) is 4.79 Å². The largest absolute Gasteiger partial charge is 0.462 e. The number of nitrogens with one attached hydrogen (secondary N) is 1. The van der Waals surface area contributed by atoms with E-state index in [1.54, 1.807) is 19.1 Å². The number of rotatable bonds is 4. The molecule has 0 aliphatic rings. The molecule has 1 aromatic heterocycles. The predicted molar refractivity (Wildman–Crippen MR) is 96.9 cm³/mol. The van der Waals surface area contributed by atoms with Crippen molar-refractivity contribution in [2.24, 2.45) is 0 Å². The molecule has 0 radical (unpaired) electrons. The highest BCUT2D eigenvalue weighted by Crippen LogP contribution is 2.27. The van der Waals surface area contributed by atoms with Crippen LogP contribution in [0.3, 0.4) is 0 Å². The van der Waals surface area contributed by atoms with Gasteiger partial charge in [0.1, 0.15) is 0 Å². The lowest BCUT2D eigenvalue weighted by Gasteiger charge is -2.10. The van der Waals surface area contributed by atoms with Crippen molar-refractivity contribution >= 4 is 39.0 Å². The minimum atomic E-state index is -0.437. The fourth-order valence-corrected chi connectivity index (χ4v) is 3.38. The lowest BCUT2D eigenvalue weighted by molar-refractivity contribution is 0.0527. The summed E-state index contributed by atoms with van der Waals surface area (Å²) in [6.07, 6.45) is 0. The van der Waals surface area contributed by atoms with Crippen LogP contribution in [0.15, 0.2) is 48.5 Å². The maximum Gasteiger partial charge on any atom is 0.340 e. The molecule has 0 saturated heterocycles. The number of fused-ring (bicyclic) bond motifs is 1. The quantitative estimate of drug-likeness (QED) is 0.705. The van der Waals surface area contributed by atoms with Crippen LogP contribution in [0.25, 0.3) is 10.1 Å². The maximum absolute atomic E-state index is 12.5. The zero-order valence-corrected chi connectivity index (χ0v) is 14.3. The summed E-state index contributed by atoms with van der Waals surface area (Å²) < 4.78 is 6.12. The molecule has 24 heavy (non-hydrogen) atoms. The Hall–Kier alpha value is -2.66. The molecule has 0 aliphatic heterocycles. The smallest absolute Gasteiger partial charge is 0.340 e. The SMILES string of the molecule is CCOC(=O)c1cc(C)ccc1NC(=O)c1cc2ccccc2s1. The van der Waals surface area contributed by atoms with Crippen LogP contribution in [-0.2, 0) is 4.74 Å². The second-order valence-corrected chi connectivity index (χ2v) is 6.46. The number of benzene rings is 2.